The van der Waals surface area contributed by atoms with Crippen LogP contribution in [0.1, 0.15) is 23.1 Å². The molecule has 0 saturated carbocycles. The molecule has 1 atom stereocenters. The molecule has 0 aliphatic heterocycles. The standard InChI is InChI=1S/C19H20FN3O2/c1-12-6-4-9-15-17(12)22-16(25-15)11-21-19(24)18(23(2)3)13-7-5-8-14(20)10-13/h4-10,18H,11H2,1-3H3,(H,21,24)/t18-/m0/s1. The van der Waals surface area contributed by atoms with Crippen molar-refractivity contribution in [2.75, 3.05) is 14.1 Å². The molecule has 0 spiro atoms. The molecule has 0 aliphatic carbocycles. The number of nitrogens with zero attached hydrogens (tertiary/aromatic N) is 2. The number of halogens is 1. The molecule has 0 unspecified atom stereocenters. The molecule has 3 aromatic rings. The van der Waals surface area contributed by atoms with E-state index in [4.69, 9.17) is 4.42 Å². The van der Waals surface area contributed by atoms with Gasteiger partial charge < -0.3 is 9.73 Å². The lowest BCUT2D eigenvalue weighted by Gasteiger charge is -2.23. The van der Waals surface area contributed by atoms with Crippen LogP contribution in [0.3, 0.4) is 0 Å². The van der Waals surface area contributed by atoms with Crippen LogP contribution in [0, 0.1) is 12.7 Å². The number of fused-ring (bicyclic) bond motifs is 1. The molecule has 0 aliphatic rings. The van der Waals surface area contributed by atoms with Gasteiger partial charge in [0.25, 0.3) is 0 Å². The fraction of sp³-hybridized carbons (Fsp3) is 0.263. The first kappa shape index (κ1) is 17.1. The van der Waals surface area contributed by atoms with E-state index in [-0.39, 0.29) is 18.3 Å². The first-order chi connectivity index (χ1) is 12.0. The average molecular weight is 341 g/mol. The molecule has 6 heteroatoms. The number of rotatable bonds is 5. The number of benzene rings is 2. The van der Waals surface area contributed by atoms with Gasteiger partial charge in [-0.3, -0.25) is 9.69 Å². The predicted octanol–water partition coefficient (Wildman–Crippen LogP) is 3.19. The number of carbonyl (C=O) groups excluding carboxylic acids is 1. The van der Waals surface area contributed by atoms with Crippen LogP contribution in [0.25, 0.3) is 11.1 Å². The van der Waals surface area contributed by atoms with Gasteiger partial charge in [-0.25, -0.2) is 9.37 Å². The number of oxazole rings is 1. The largest absolute Gasteiger partial charge is 0.439 e. The zero-order valence-electron chi connectivity index (χ0n) is 14.4. The van der Waals surface area contributed by atoms with Crippen LogP contribution < -0.4 is 5.32 Å². The molecule has 0 bridgehead atoms. The molecule has 5 nitrogen and oxygen atoms in total. The maximum atomic E-state index is 13.5. The van der Waals surface area contributed by atoms with Gasteiger partial charge in [0.15, 0.2) is 5.58 Å². The van der Waals surface area contributed by atoms with E-state index in [1.165, 1.54) is 12.1 Å². The van der Waals surface area contributed by atoms with Crippen molar-refractivity contribution >= 4 is 17.0 Å². The maximum absolute atomic E-state index is 13.5. The van der Waals surface area contributed by atoms with Crippen LogP contribution in [-0.4, -0.2) is 29.9 Å². The van der Waals surface area contributed by atoms with Gasteiger partial charge in [0, 0.05) is 0 Å². The molecule has 0 saturated heterocycles. The summed E-state index contributed by atoms with van der Waals surface area (Å²) in [5, 5.41) is 2.82. The lowest BCUT2D eigenvalue weighted by Crippen LogP contribution is -2.36. The Morgan fingerprint density at radius 1 is 1.28 bits per heavy atom. The van der Waals surface area contributed by atoms with Crippen molar-refractivity contribution in [3.05, 3.63) is 65.3 Å². The second-order valence-corrected chi connectivity index (χ2v) is 6.17. The SMILES string of the molecule is Cc1cccc2oc(CNC(=O)[C@H](c3cccc(F)c3)N(C)C)nc12. The number of hydrogen-bond acceptors (Lipinski definition) is 4. The lowest BCUT2D eigenvalue weighted by molar-refractivity contribution is -0.126. The monoisotopic (exact) mass is 341 g/mol. The average Bonchev–Trinajstić information content (AvgIpc) is 2.97. The van der Waals surface area contributed by atoms with Crippen molar-refractivity contribution in [1.82, 2.24) is 15.2 Å². The summed E-state index contributed by atoms with van der Waals surface area (Å²) in [5.41, 5.74) is 3.10. The summed E-state index contributed by atoms with van der Waals surface area (Å²) < 4.78 is 19.2. The number of hydrogen-bond donors (Lipinski definition) is 1. The third-order valence-corrected chi connectivity index (χ3v) is 4.01. The highest BCUT2D eigenvalue weighted by Gasteiger charge is 2.23. The van der Waals surface area contributed by atoms with Crippen molar-refractivity contribution in [3.8, 4) is 0 Å². The van der Waals surface area contributed by atoms with Crippen molar-refractivity contribution < 1.29 is 13.6 Å². The van der Waals surface area contributed by atoms with Gasteiger partial charge in [0.05, 0.1) is 6.54 Å². The predicted molar refractivity (Wildman–Crippen MR) is 93.4 cm³/mol. The smallest absolute Gasteiger partial charge is 0.242 e. The van der Waals surface area contributed by atoms with Gasteiger partial charge in [-0.05, 0) is 50.3 Å². The molecule has 0 radical (unpaired) electrons. The summed E-state index contributed by atoms with van der Waals surface area (Å²) in [6.45, 7) is 2.13. The minimum Gasteiger partial charge on any atom is -0.439 e. The van der Waals surface area contributed by atoms with E-state index in [0.717, 1.165) is 11.1 Å². The quantitative estimate of drug-likeness (QED) is 0.774. The van der Waals surface area contributed by atoms with Gasteiger partial charge in [-0.15, -0.1) is 0 Å². The maximum Gasteiger partial charge on any atom is 0.242 e. The number of nitrogens with one attached hydrogen (secondary N) is 1. The number of likely N-dealkylation sites (N-methyl/N-ethyl adjacent to an activating group) is 1. The summed E-state index contributed by atoms with van der Waals surface area (Å²) in [6.07, 6.45) is 0. The highest BCUT2D eigenvalue weighted by Crippen LogP contribution is 2.21. The molecular formula is C19H20FN3O2. The number of carbonyl (C=O) groups is 1. The molecule has 1 aromatic heterocycles. The zero-order valence-corrected chi connectivity index (χ0v) is 14.4. The third kappa shape index (κ3) is 3.69. The van der Waals surface area contributed by atoms with Crippen molar-refractivity contribution in [2.24, 2.45) is 0 Å². The Hall–Kier alpha value is -2.73. The third-order valence-electron chi connectivity index (χ3n) is 4.01. The Kier molecular flexibility index (Phi) is 4.81. The molecule has 130 valence electrons. The van der Waals surface area contributed by atoms with Gasteiger partial charge >= 0.3 is 0 Å². The Morgan fingerprint density at radius 3 is 2.72 bits per heavy atom. The number of amides is 1. The summed E-state index contributed by atoms with van der Waals surface area (Å²) in [4.78, 5) is 18.8. The van der Waals surface area contributed by atoms with Crippen LogP contribution in [-0.2, 0) is 11.3 Å². The van der Waals surface area contributed by atoms with Crippen molar-refractivity contribution in [1.29, 1.82) is 0 Å². The van der Waals surface area contributed by atoms with Crippen LogP contribution in [0.4, 0.5) is 4.39 Å². The molecular weight excluding hydrogens is 321 g/mol. The molecule has 1 N–H and O–H groups in total. The highest BCUT2D eigenvalue weighted by atomic mass is 19.1. The van der Waals surface area contributed by atoms with Crippen LogP contribution >= 0.6 is 0 Å². The minimum atomic E-state index is -0.596. The summed E-state index contributed by atoms with van der Waals surface area (Å²) in [6, 6.07) is 11.2. The molecule has 1 heterocycles. The van der Waals surface area contributed by atoms with Crippen LogP contribution in [0.5, 0.6) is 0 Å². The topological polar surface area (TPSA) is 58.4 Å². The highest BCUT2D eigenvalue weighted by molar-refractivity contribution is 5.83. The Morgan fingerprint density at radius 2 is 2.04 bits per heavy atom. The van der Waals surface area contributed by atoms with Gasteiger partial charge in [0.1, 0.15) is 17.4 Å². The number of aromatic nitrogens is 1. The Balaban J connectivity index is 1.76. The second kappa shape index (κ2) is 7.03. The van der Waals surface area contributed by atoms with Gasteiger partial charge in [0.2, 0.25) is 11.8 Å². The molecule has 25 heavy (non-hydrogen) atoms. The fourth-order valence-electron chi connectivity index (χ4n) is 2.83. The zero-order chi connectivity index (χ0) is 18.0. The van der Waals surface area contributed by atoms with Crippen LogP contribution in [0.2, 0.25) is 0 Å². The molecule has 2 aromatic carbocycles. The van der Waals surface area contributed by atoms with E-state index in [2.05, 4.69) is 10.3 Å². The lowest BCUT2D eigenvalue weighted by atomic mass is 10.1. The van der Waals surface area contributed by atoms with E-state index in [1.54, 1.807) is 31.1 Å². The van der Waals surface area contributed by atoms with E-state index in [0.29, 0.717) is 17.0 Å². The normalized spacial score (nSPS) is 12.5. The Labute approximate surface area is 145 Å². The summed E-state index contributed by atoms with van der Waals surface area (Å²) in [5.74, 6) is -0.171. The van der Waals surface area contributed by atoms with Crippen LogP contribution in [0.15, 0.2) is 46.9 Å². The van der Waals surface area contributed by atoms with Crippen molar-refractivity contribution in [2.45, 2.75) is 19.5 Å². The van der Waals surface area contributed by atoms with Crippen molar-refractivity contribution in [3.63, 3.8) is 0 Å². The second-order valence-electron chi connectivity index (χ2n) is 6.17. The molecule has 1 amide bonds. The summed E-state index contributed by atoms with van der Waals surface area (Å²) >= 11 is 0. The van der Waals surface area contributed by atoms with E-state index in [1.807, 2.05) is 25.1 Å². The fourth-order valence-corrected chi connectivity index (χ4v) is 2.83. The van der Waals surface area contributed by atoms with E-state index < -0.39 is 6.04 Å². The first-order valence-electron chi connectivity index (χ1n) is 8.00. The summed E-state index contributed by atoms with van der Waals surface area (Å²) in [7, 11) is 3.55. The first-order valence-corrected chi connectivity index (χ1v) is 8.00. The minimum absolute atomic E-state index is 0.173. The Bertz CT molecular complexity index is 905. The molecule has 3 rings (SSSR count). The number of aryl methyl sites for hydroxylation is 1. The van der Waals surface area contributed by atoms with Gasteiger partial charge in [-0.2, -0.15) is 0 Å². The van der Waals surface area contributed by atoms with Gasteiger partial charge in [-0.1, -0.05) is 24.3 Å². The van der Waals surface area contributed by atoms with E-state index in [9.17, 15) is 9.18 Å². The number of para-hydroxylation sites is 1. The van der Waals surface area contributed by atoms with E-state index >= 15 is 0 Å². The molecule has 0 fully saturated rings.